The van der Waals surface area contributed by atoms with Crippen LogP contribution < -0.4 is 21.7 Å². The van der Waals surface area contributed by atoms with E-state index in [9.17, 15) is 19.5 Å². The Morgan fingerprint density at radius 2 is 1.83 bits per heavy atom. The molecule has 0 aromatic carbocycles. The summed E-state index contributed by atoms with van der Waals surface area (Å²) < 4.78 is 0. The second-order valence-electron chi connectivity index (χ2n) is 8.88. The summed E-state index contributed by atoms with van der Waals surface area (Å²) in [7, 11) is 0. The lowest BCUT2D eigenvalue weighted by atomic mass is 9.97. The summed E-state index contributed by atoms with van der Waals surface area (Å²) in [4.78, 5) is 40.4. The lowest BCUT2D eigenvalue weighted by molar-refractivity contribution is -0.136. The molecular formula is C21H41N5O4. The van der Waals surface area contributed by atoms with E-state index >= 15 is 0 Å². The highest BCUT2D eigenvalue weighted by atomic mass is 16.3. The number of Topliss-reactive ketones (excluding diaryl/α,β-unsaturated/α-hetero) is 1. The molecule has 1 aliphatic rings. The molecule has 1 heterocycles. The van der Waals surface area contributed by atoms with Gasteiger partial charge in [0.15, 0.2) is 5.78 Å². The molecule has 1 rings (SSSR count). The van der Waals surface area contributed by atoms with Crippen LogP contribution in [-0.2, 0) is 14.4 Å². The maximum Gasteiger partial charge on any atom is 0.245 e. The van der Waals surface area contributed by atoms with Crippen molar-refractivity contribution in [1.82, 2.24) is 20.9 Å². The molecule has 4 atom stereocenters. The van der Waals surface area contributed by atoms with Crippen LogP contribution in [0.2, 0.25) is 0 Å². The van der Waals surface area contributed by atoms with Crippen LogP contribution in [0.4, 0.5) is 0 Å². The Hall–Kier alpha value is -1.55. The maximum absolute atomic E-state index is 12.9. The first-order valence-corrected chi connectivity index (χ1v) is 11.1. The van der Waals surface area contributed by atoms with Crippen LogP contribution in [0.5, 0.6) is 0 Å². The third-order valence-electron chi connectivity index (χ3n) is 5.25. The molecule has 0 radical (unpaired) electrons. The number of aliphatic hydroxyl groups excluding tert-OH is 1. The van der Waals surface area contributed by atoms with Gasteiger partial charge in [-0.1, -0.05) is 27.7 Å². The quantitative estimate of drug-likeness (QED) is 0.276. The molecule has 0 aliphatic carbocycles. The summed E-state index contributed by atoms with van der Waals surface area (Å²) in [6, 6.07) is -2.24. The van der Waals surface area contributed by atoms with Gasteiger partial charge < -0.3 is 26.8 Å². The van der Waals surface area contributed by atoms with Gasteiger partial charge in [0.1, 0.15) is 12.1 Å². The molecular weight excluding hydrogens is 386 g/mol. The number of carbonyl (C=O) groups is 3. The fraction of sp³-hybridized carbons (Fsp3) is 0.857. The smallest absolute Gasteiger partial charge is 0.245 e. The molecule has 0 saturated carbocycles. The van der Waals surface area contributed by atoms with Gasteiger partial charge in [0.05, 0.1) is 12.1 Å². The zero-order chi connectivity index (χ0) is 22.8. The van der Waals surface area contributed by atoms with E-state index < -0.39 is 30.1 Å². The van der Waals surface area contributed by atoms with Crippen molar-refractivity contribution in [1.29, 1.82) is 0 Å². The summed E-state index contributed by atoms with van der Waals surface area (Å²) in [6.07, 6.45) is -0.0880. The molecule has 1 fully saturated rings. The molecule has 0 spiro atoms. The zero-order valence-corrected chi connectivity index (χ0v) is 19.1. The number of hydrogen-bond donors (Lipinski definition) is 5. The van der Waals surface area contributed by atoms with Crippen molar-refractivity contribution in [2.45, 2.75) is 71.7 Å². The van der Waals surface area contributed by atoms with E-state index in [4.69, 9.17) is 5.73 Å². The van der Waals surface area contributed by atoms with Crippen molar-refractivity contribution in [2.75, 3.05) is 32.7 Å². The largest absolute Gasteiger partial charge is 0.391 e. The summed E-state index contributed by atoms with van der Waals surface area (Å²) in [5.74, 6) is -0.802. The van der Waals surface area contributed by atoms with Crippen molar-refractivity contribution in [3.8, 4) is 0 Å². The fourth-order valence-electron chi connectivity index (χ4n) is 3.62. The predicted octanol–water partition coefficient (Wildman–Crippen LogP) is -0.769. The van der Waals surface area contributed by atoms with E-state index in [1.165, 1.54) is 6.92 Å². The highest BCUT2D eigenvalue weighted by molar-refractivity contribution is 5.94. The normalized spacial score (nSPS) is 20.6. The van der Waals surface area contributed by atoms with E-state index in [2.05, 4.69) is 34.7 Å². The Morgan fingerprint density at radius 3 is 2.37 bits per heavy atom. The number of piperazine rings is 1. The van der Waals surface area contributed by atoms with Gasteiger partial charge >= 0.3 is 0 Å². The third kappa shape index (κ3) is 8.29. The molecule has 1 aliphatic heterocycles. The van der Waals surface area contributed by atoms with Crippen LogP contribution >= 0.6 is 0 Å². The third-order valence-corrected chi connectivity index (χ3v) is 5.25. The summed E-state index contributed by atoms with van der Waals surface area (Å²) in [6.45, 7) is 12.4. The molecule has 0 aromatic rings. The van der Waals surface area contributed by atoms with Crippen molar-refractivity contribution < 1.29 is 19.5 Å². The summed E-state index contributed by atoms with van der Waals surface area (Å²) in [5, 5.41) is 18.8. The Labute approximate surface area is 180 Å². The molecule has 1 unspecified atom stereocenters. The first-order chi connectivity index (χ1) is 14.1. The summed E-state index contributed by atoms with van der Waals surface area (Å²) >= 11 is 0. The van der Waals surface area contributed by atoms with Gasteiger partial charge in [-0.05, 0) is 32.2 Å². The van der Waals surface area contributed by atoms with Gasteiger partial charge in [-0.2, -0.15) is 0 Å². The highest BCUT2D eigenvalue weighted by Crippen LogP contribution is 2.10. The lowest BCUT2D eigenvalue weighted by Gasteiger charge is -2.37. The Bertz CT molecular complexity index is 568. The average molecular weight is 428 g/mol. The van der Waals surface area contributed by atoms with Crippen molar-refractivity contribution >= 4 is 17.6 Å². The van der Waals surface area contributed by atoms with Gasteiger partial charge in [0.25, 0.3) is 0 Å². The number of carbonyl (C=O) groups excluding carboxylic acids is 3. The molecule has 9 nitrogen and oxygen atoms in total. The molecule has 2 amide bonds. The minimum absolute atomic E-state index is 0.0907. The van der Waals surface area contributed by atoms with Crippen LogP contribution in [0.3, 0.4) is 0 Å². The maximum atomic E-state index is 12.9. The Morgan fingerprint density at radius 1 is 1.17 bits per heavy atom. The van der Waals surface area contributed by atoms with E-state index in [0.29, 0.717) is 31.8 Å². The molecule has 0 bridgehead atoms. The standard InChI is InChI=1S/C21H41N5O4/c1-13(2)12-26-10-9-23-11-17(26)20(29)25-18(15(5)27)21(30)24-16(7-6-8-22)19(28)14(3)4/h13-18,23,27H,6-12,22H2,1-5H3,(H,24,30)(H,25,29)/t15?,16-,17-,18-/m0/s1. The topological polar surface area (TPSA) is 137 Å². The first-order valence-electron chi connectivity index (χ1n) is 11.1. The van der Waals surface area contributed by atoms with Crippen molar-refractivity contribution in [3.63, 3.8) is 0 Å². The number of rotatable bonds is 12. The van der Waals surface area contributed by atoms with Crippen molar-refractivity contribution in [2.24, 2.45) is 17.6 Å². The lowest BCUT2D eigenvalue weighted by Crippen LogP contribution is -2.63. The Balaban J connectivity index is 2.87. The van der Waals surface area contributed by atoms with E-state index in [1.54, 1.807) is 13.8 Å². The van der Waals surface area contributed by atoms with Crippen LogP contribution in [0, 0.1) is 11.8 Å². The first kappa shape index (κ1) is 26.5. The molecule has 9 heteroatoms. The number of nitrogens with two attached hydrogens (primary N) is 1. The average Bonchev–Trinajstić information content (AvgIpc) is 2.67. The predicted molar refractivity (Wildman–Crippen MR) is 117 cm³/mol. The van der Waals surface area contributed by atoms with Crippen LogP contribution in [0.25, 0.3) is 0 Å². The number of nitrogens with one attached hydrogen (secondary N) is 3. The van der Waals surface area contributed by atoms with Crippen LogP contribution in [0.15, 0.2) is 0 Å². The fourth-order valence-corrected chi connectivity index (χ4v) is 3.62. The summed E-state index contributed by atoms with van der Waals surface area (Å²) in [5.41, 5.74) is 5.56. The van der Waals surface area contributed by atoms with Crippen LogP contribution in [-0.4, -0.2) is 84.6 Å². The number of hydrogen-bond acceptors (Lipinski definition) is 7. The van der Waals surface area contributed by atoms with Gasteiger partial charge in [0, 0.05) is 32.1 Å². The molecule has 6 N–H and O–H groups in total. The monoisotopic (exact) mass is 427 g/mol. The Kier molecular flexibility index (Phi) is 11.5. The highest BCUT2D eigenvalue weighted by Gasteiger charge is 2.34. The van der Waals surface area contributed by atoms with E-state index in [-0.39, 0.29) is 17.6 Å². The number of amides is 2. The molecule has 1 saturated heterocycles. The number of nitrogens with zero attached hydrogens (tertiary/aromatic N) is 1. The van der Waals surface area contributed by atoms with Gasteiger partial charge in [-0.15, -0.1) is 0 Å². The minimum atomic E-state index is -1.14. The van der Waals surface area contributed by atoms with E-state index in [0.717, 1.165) is 19.6 Å². The SMILES string of the molecule is CC(C)CN1CCNC[C@H]1C(=O)N[C@H](C(=O)N[C@@H](CCCN)C(=O)C(C)C)C(C)O. The van der Waals surface area contributed by atoms with Gasteiger partial charge in [-0.25, -0.2) is 0 Å². The number of aliphatic hydroxyl groups is 1. The molecule has 30 heavy (non-hydrogen) atoms. The van der Waals surface area contributed by atoms with Crippen LogP contribution in [0.1, 0.15) is 47.5 Å². The number of ketones is 1. The van der Waals surface area contributed by atoms with Crippen molar-refractivity contribution in [3.05, 3.63) is 0 Å². The second kappa shape index (κ2) is 13.0. The minimum Gasteiger partial charge on any atom is -0.391 e. The molecule has 0 aromatic heterocycles. The van der Waals surface area contributed by atoms with E-state index in [1.807, 2.05) is 0 Å². The zero-order valence-electron chi connectivity index (χ0n) is 19.1. The second-order valence-corrected chi connectivity index (χ2v) is 8.88. The van der Waals surface area contributed by atoms with Gasteiger partial charge in [0.2, 0.25) is 11.8 Å². The molecule has 174 valence electrons. The van der Waals surface area contributed by atoms with Gasteiger partial charge in [-0.3, -0.25) is 19.3 Å².